The number of hydrogen-bond acceptors (Lipinski definition) is 3. The number of benzene rings is 1. The maximum absolute atomic E-state index is 12.3. The molecule has 2 N–H and O–H groups in total. The Labute approximate surface area is 112 Å². The fourth-order valence-electron chi connectivity index (χ4n) is 2.70. The quantitative estimate of drug-likeness (QED) is 0.827. The average molecular weight is 258 g/mol. The Hall–Kier alpha value is -1.68. The minimum Gasteiger partial charge on any atom is -0.326 e. The summed E-state index contributed by atoms with van der Waals surface area (Å²) < 4.78 is 0. The van der Waals surface area contributed by atoms with Crippen molar-refractivity contribution in [3.63, 3.8) is 0 Å². The van der Waals surface area contributed by atoms with Crippen LogP contribution >= 0.6 is 0 Å². The number of nitrogens with two attached hydrogens (primary N) is 1. The topological polar surface area (TPSA) is 63.4 Å². The third kappa shape index (κ3) is 2.40. The summed E-state index contributed by atoms with van der Waals surface area (Å²) in [6, 6.07) is 9.45. The standard InChI is InChI=1S/C15H18N2O2/c16-13(11-6-7-11)9-17-14(18)8-12(15(17)19)10-4-2-1-3-5-10/h1-5,11-13H,6-9,16H2. The lowest BCUT2D eigenvalue weighted by Crippen LogP contribution is -2.42. The zero-order chi connectivity index (χ0) is 13.4. The van der Waals surface area contributed by atoms with Crippen LogP contribution < -0.4 is 5.73 Å². The van der Waals surface area contributed by atoms with E-state index in [2.05, 4.69) is 0 Å². The fourth-order valence-corrected chi connectivity index (χ4v) is 2.70. The number of amides is 2. The van der Waals surface area contributed by atoms with Gasteiger partial charge in [0.05, 0.1) is 5.92 Å². The normalized spacial score (nSPS) is 24.9. The highest BCUT2D eigenvalue weighted by molar-refractivity contribution is 6.06. The predicted molar refractivity (Wildman–Crippen MR) is 71.2 cm³/mol. The third-order valence-electron chi connectivity index (χ3n) is 4.07. The number of carbonyl (C=O) groups excluding carboxylic acids is 2. The maximum atomic E-state index is 12.3. The first-order valence-corrected chi connectivity index (χ1v) is 6.81. The van der Waals surface area contributed by atoms with Crippen LogP contribution in [0.3, 0.4) is 0 Å². The molecule has 1 aliphatic carbocycles. The highest BCUT2D eigenvalue weighted by Crippen LogP contribution is 2.34. The molecule has 1 aromatic carbocycles. The Bertz CT molecular complexity index is 496. The highest BCUT2D eigenvalue weighted by atomic mass is 16.2. The molecular formula is C15H18N2O2. The number of imide groups is 1. The molecule has 2 amide bonds. The van der Waals surface area contributed by atoms with Crippen molar-refractivity contribution < 1.29 is 9.59 Å². The number of likely N-dealkylation sites (tertiary alicyclic amines) is 1. The smallest absolute Gasteiger partial charge is 0.237 e. The summed E-state index contributed by atoms with van der Waals surface area (Å²) in [5.41, 5.74) is 6.94. The van der Waals surface area contributed by atoms with Gasteiger partial charge in [-0.25, -0.2) is 0 Å². The third-order valence-corrected chi connectivity index (χ3v) is 4.07. The second kappa shape index (κ2) is 4.78. The molecule has 1 heterocycles. The Morgan fingerprint density at radius 1 is 1.21 bits per heavy atom. The molecule has 4 nitrogen and oxygen atoms in total. The summed E-state index contributed by atoms with van der Waals surface area (Å²) in [4.78, 5) is 25.7. The van der Waals surface area contributed by atoms with Crippen molar-refractivity contribution in [2.24, 2.45) is 11.7 Å². The van der Waals surface area contributed by atoms with Crippen LogP contribution in [0.4, 0.5) is 0 Å². The second-order valence-corrected chi connectivity index (χ2v) is 5.51. The van der Waals surface area contributed by atoms with Gasteiger partial charge >= 0.3 is 0 Å². The van der Waals surface area contributed by atoms with E-state index in [4.69, 9.17) is 5.73 Å². The zero-order valence-electron chi connectivity index (χ0n) is 10.8. The molecule has 100 valence electrons. The van der Waals surface area contributed by atoms with E-state index in [1.807, 2.05) is 30.3 Å². The summed E-state index contributed by atoms with van der Waals surface area (Å²) in [5, 5.41) is 0. The lowest BCUT2D eigenvalue weighted by Gasteiger charge is -2.19. The number of nitrogens with zero attached hydrogens (tertiary/aromatic N) is 1. The largest absolute Gasteiger partial charge is 0.326 e. The van der Waals surface area contributed by atoms with Gasteiger partial charge in [-0.1, -0.05) is 30.3 Å². The molecular weight excluding hydrogens is 240 g/mol. The van der Waals surface area contributed by atoms with E-state index in [1.54, 1.807) is 0 Å². The van der Waals surface area contributed by atoms with Crippen molar-refractivity contribution in [2.45, 2.75) is 31.2 Å². The van der Waals surface area contributed by atoms with Gasteiger partial charge < -0.3 is 5.73 Å². The van der Waals surface area contributed by atoms with E-state index in [1.165, 1.54) is 4.90 Å². The molecule has 2 atom stereocenters. The summed E-state index contributed by atoms with van der Waals surface area (Å²) in [6.07, 6.45) is 2.53. The van der Waals surface area contributed by atoms with Gasteiger partial charge in [0.2, 0.25) is 11.8 Å². The molecule has 2 fully saturated rings. The Morgan fingerprint density at radius 3 is 2.53 bits per heavy atom. The van der Waals surface area contributed by atoms with Crippen LogP contribution in [0.1, 0.15) is 30.7 Å². The number of carbonyl (C=O) groups is 2. The summed E-state index contributed by atoms with van der Waals surface area (Å²) >= 11 is 0. The molecule has 0 bridgehead atoms. The van der Waals surface area contributed by atoms with Crippen LogP contribution in [0.15, 0.2) is 30.3 Å². The first-order chi connectivity index (χ1) is 9.16. The van der Waals surface area contributed by atoms with Gasteiger partial charge in [-0.15, -0.1) is 0 Å². The van der Waals surface area contributed by atoms with E-state index in [0.29, 0.717) is 12.5 Å². The minimum absolute atomic E-state index is 0.0533. The van der Waals surface area contributed by atoms with Gasteiger partial charge in [-0.05, 0) is 24.3 Å². The molecule has 2 aliphatic rings. The van der Waals surface area contributed by atoms with E-state index in [9.17, 15) is 9.59 Å². The Kier molecular flexibility index (Phi) is 3.11. The summed E-state index contributed by atoms with van der Waals surface area (Å²) in [7, 11) is 0. The van der Waals surface area contributed by atoms with Crippen molar-refractivity contribution in [2.75, 3.05) is 6.54 Å². The Morgan fingerprint density at radius 2 is 1.89 bits per heavy atom. The van der Waals surface area contributed by atoms with Gasteiger partial charge in [0.15, 0.2) is 0 Å². The van der Waals surface area contributed by atoms with Crippen LogP contribution in [0, 0.1) is 5.92 Å². The minimum atomic E-state index is -0.319. The van der Waals surface area contributed by atoms with Gasteiger partial charge in [0.25, 0.3) is 0 Å². The molecule has 2 unspecified atom stereocenters. The van der Waals surface area contributed by atoms with E-state index >= 15 is 0 Å². The van der Waals surface area contributed by atoms with Crippen LogP contribution in [0.2, 0.25) is 0 Å². The summed E-state index contributed by atoms with van der Waals surface area (Å²) in [5.74, 6) is -0.00117. The predicted octanol–water partition coefficient (Wildman–Crippen LogP) is 1.27. The van der Waals surface area contributed by atoms with E-state index in [-0.39, 0.29) is 30.2 Å². The van der Waals surface area contributed by atoms with Gasteiger partial charge in [0.1, 0.15) is 0 Å². The van der Waals surface area contributed by atoms with Crippen molar-refractivity contribution in [1.29, 1.82) is 0 Å². The lowest BCUT2D eigenvalue weighted by atomic mass is 9.98. The van der Waals surface area contributed by atoms with Crippen molar-refractivity contribution in [3.05, 3.63) is 35.9 Å². The zero-order valence-corrected chi connectivity index (χ0v) is 10.8. The van der Waals surface area contributed by atoms with E-state index < -0.39 is 0 Å². The average Bonchev–Trinajstić information content (AvgIpc) is 3.23. The molecule has 0 aromatic heterocycles. The second-order valence-electron chi connectivity index (χ2n) is 5.51. The van der Waals surface area contributed by atoms with Gasteiger partial charge in [-0.2, -0.15) is 0 Å². The SMILES string of the molecule is NC(CN1C(=O)CC(c2ccccc2)C1=O)C1CC1. The number of rotatable bonds is 4. The molecule has 1 saturated carbocycles. The molecule has 1 saturated heterocycles. The maximum Gasteiger partial charge on any atom is 0.237 e. The highest BCUT2D eigenvalue weighted by Gasteiger charge is 2.41. The van der Waals surface area contributed by atoms with Crippen molar-refractivity contribution in [3.8, 4) is 0 Å². The lowest BCUT2D eigenvalue weighted by molar-refractivity contribution is -0.139. The van der Waals surface area contributed by atoms with Crippen molar-refractivity contribution >= 4 is 11.8 Å². The molecule has 4 heteroatoms. The molecule has 0 radical (unpaired) electrons. The molecule has 3 rings (SSSR count). The monoisotopic (exact) mass is 258 g/mol. The molecule has 1 aromatic rings. The number of hydrogen-bond donors (Lipinski definition) is 1. The van der Waals surface area contributed by atoms with Crippen molar-refractivity contribution in [1.82, 2.24) is 4.90 Å². The van der Waals surface area contributed by atoms with E-state index in [0.717, 1.165) is 18.4 Å². The molecule has 19 heavy (non-hydrogen) atoms. The molecule has 1 aliphatic heterocycles. The van der Waals surface area contributed by atoms with Crippen LogP contribution in [-0.4, -0.2) is 29.3 Å². The first kappa shape index (κ1) is 12.4. The van der Waals surface area contributed by atoms with Gasteiger partial charge in [-0.3, -0.25) is 14.5 Å². The summed E-state index contributed by atoms with van der Waals surface area (Å²) in [6.45, 7) is 0.381. The fraction of sp³-hybridized carbons (Fsp3) is 0.467. The Balaban J connectivity index is 1.73. The van der Waals surface area contributed by atoms with Gasteiger partial charge in [0, 0.05) is 19.0 Å². The van der Waals surface area contributed by atoms with Crippen LogP contribution in [0.5, 0.6) is 0 Å². The van der Waals surface area contributed by atoms with Crippen LogP contribution in [-0.2, 0) is 9.59 Å². The first-order valence-electron chi connectivity index (χ1n) is 6.81. The molecule has 0 spiro atoms. The van der Waals surface area contributed by atoms with Crippen LogP contribution in [0.25, 0.3) is 0 Å².